The van der Waals surface area contributed by atoms with Crippen molar-refractivity contribution in [2.75, 3.05) is 37.6 Å². The molecule has 152 valence electrons. The Bertz CT molecular complexity index is 782. The lowest BCUT2D eigenvalue weighted by Gasteiger charge is -2.35. The Morgan fingerprint density at radius 1 is 1.00 bits per heavy atom. The van der Waals surface area contributed by atoms with Crippen LogP contribution in [0.4, 0.5) is 5.82 Å². The van der Waals surface area contributed by atoms with Crippen LogP contribution in [0.3, 0.4) is 0 Å². The number of rotatable bonds is 6. The third-order valence-electron chi connectivity index (χ3n) is 6.31. The van der Waals surface area contributed by atoms with Crippen molar-refractivity contribution in [1.29, 1.82) is 0 Å². The second-order valence-corrected chi connectivity index (χ2v) is 8.33. The topological polar surface area (TPSA) is 64.8 Å². The summed E-state index contributed by atoms with van der Waals surface area (Å²) in [7, 11) is 0. The number of aromatic hydroxyl groups is 2. The maximum atomic E-state index is 10.5. The van der Waals surface area contributed by atoms with Crippen molar-refractivity contribution in [2.24, 2.45) is 5.92 Å². The fourth-order valence-electron chi connectivity index (χ4n) is 4.57. The lowest BCUT2D eigenvalue weighted by atomic mass is 9.87. The van der Waals surface area contributed by atoms with Crippen molar-refractivity contribution < 1.29 is 10.2 Å². The third kappa shape index (κ3) is 3.97. The second kappa shape index (κ2) is 8.43. The average Bonchev–Trinajstić information content (AvgIpc) is 2.96. The van der Waals surface area contributed by atoms with E-state index in [0.717, 1.165) is 81.8 Å². The van der Waals surface area contributed by atoms with Gasteiger partial charge in [-0.15, -0.1) is 0 Å². The number of nitrogens with zero attached hydrogens (tertiary/aromatic N) is 4. The summed E-state index contributed by atoms with van der Waals surface area (Å²) in [4.78, 5) is 9.29. The monoisotopic (exact) mass is 384 g/mol. The van der Waals surface area contributed by atoms with Crippen LogP contribution < -0.4 is 4.90 Å². The summed E-state index contributed by atoms with van der Waals surface area (Å²) in [6.07, 6.45) is 6.74. The van der Waals surface area contributed by atoms with E-state index in [-0.39, 0.29) is 0 Å². The minimum atomic E-state index is 0.294. The Balaban J connectivity index is 1.23. The first-order valence-corrected chi connectivity index (χ1v) is 10.6. The van der Waals surface area contributed by atoms with Gasteiger partial charge in [-0.1, -0.05) is 13.0 Å². The van der Waals surface area contributed by atoms with Crippen LogP contribution in [0.15, 0.2) is 24.4 Å². The number of piperazine rings is 1. The number of anilines is 1. The van der Waals surface area contributed by atoms with Gasteiger partial charge < -0.3 is 15.1 Å². The van der Waals surface area contributed by atoms with Crippen LogP contribution in [0.1, 0.15) is 37.3 Å². The van der Waals surface area contributed by atoms with E-state index >= 15 is 0 Å². The molecule has 1 aliphatic carbocycles. The Morgan fingerprint density at radius 3 is 2.50 bits per heavy atom. The van der Waals surface area contributed by atoms with E-state index in [1.165, 1.54) is 0 Å². The zero-order valence-corrected chi connectivity index (χ0v) is 16.8. The Labute approximate surface area is 167 Å². The lowest BCUT2D eigenvalue weighted by Crippen LogP contribution is -2.46. The van der Waals surface area contributed by atoms with Gasteiger partial charge in [-0.2, -0.15) is 0 Å². The van der Waals surface area contributed by atoms with Gasteiger partial charge in [-0.3, -0.25) is 9.47 Å². The molecule has 0 radical (unpaired) electrons. The molecule has 0 amide bonds. The Hall–Kier alpha value is -2.21. The standard InChI is InChI=1S/C22H32N4O2/c1-17-7-8-18-19(16-17)22(28)26(21(18)27)11-5-4-10-24-12-14-25(15-13-24)20-6-2-3-9-23-20/h2-3,6,9,17,27-28H,4-5,7-8,10-16H2,1H3. The number of hydrogen-bond acceptors (Lipinski definition) is 5. The predicted molar refractivity (Wildman–Crippen MR) is 111 cm³/mol. The van der Waals surface area contributed by atoms with Crippen molar-refractivity contribution in [1.82, 2.24) is 14.5 Å². The molecule has 6 heteroatoms. The van der Waals surface area contributed by atoms with E-state index in [2.05, 4.69) is 27.8 Å². The van der Waals surface area contributed by atoms with Crippen LogP contribution in [-0.4, -0.2) is 57.4 Å². The minimum absolute atomic E-state index is 0.294. The van der Waals surface area contributed by atoms with Crippen LogP contribution in [0, 0.1) is 5.92 Å². The molecule has 1 fully saturated rings. The highest BCUT2D eigenvalue weighted by Gasteiger charge is 2.27. The Kier molecular flexibility index (Phi) is 5.76. The van der Waals surface area contributed by atoms with Crippen molar-refractivity contribution >= 4 is 5.82 Å². The molecular formula is C22H32N4O2. The number of aromatic nitrogens is 2. The summed E-state index contributed by atoms with van der Waals surface area (Å²) in [6, 6.07) is 6.07. The van der Waals surface area contributed by atoms with Crippen LogP contribution in [0.25, 0.3) is 0 Å². The molecule has 1 atom stereocenters. The van der Waals surface area contributed by atoms with E-state index in [9.17, 15) is 10.2 Å². The van der Waals surface area contributed by atoms with Crippen molar-refractivity contribution in [3.8, 4) is 11.8 Å². The van der Waals surface area contributed by atoms with Gasteiger partial charge in [0, 0.05) is 50.0 Å². The van der Waals surface area contributed by atoms with Gasteiger partial charge in [0.15, 0.2) is 11.8 Å². The summed E-state index contributed by atoms with van der Waals surface area (Å²) in [5.74, 6) is 2.24. The molecule has 6 nitrogen and oxygen atoms in total. The molecule has 2 aromatic heterocycles. The first-order valence-electron chi connectivity index (χ1n) is 10.6. The number of pyridine rings is 1. The fourth-order valence-corrected chi connectivity index (χ4v) is 4.57. The highest BCUT2D eigenvalue weighted by Crippen LogP contribution is 2.40. The van der Waals surface area contributed by atoms with Gasteiger partial charge in [0.2, 0.25) is 0 Å². The van der Waals surface area contributed by atoms with Gasteiger partial charge in [-0.05, 0) is 56.7 Å². The molecule has 4 rings (SSSR count). The van der Waals surface area contributed by atoms with Gasteiger partial charge >= 0.3 is 0 Å². The van der Waals surface area contributed by atoms with Gasteiger partial charge in [0.05, 0.1) is 0 Å². The smallest absolute Gasteiger partial charge is 0.197 e. The largest absolute Gasteiger partial charge is 0.494 e. The maximum Gasteiger partial charge on any atom is 0.197 e. The highest BCUT2D eigenvalue weighted by molar-refractivity contribution is 5.47. The highest BCUT2D eigenvalue weighted by atomic mass is 16.3. The lowest BCUT2D eigenvalue weighted by molar-refractivity contribution is 0.249. The molecule has 2 N–H and O–H groups in total. The number of unbranched alkanes of at least 4 members (excludes halogenated alkanes) is 1. The molecule has 0 aromatic carbocycles. The van der Waals surface area contributed by atoms with Crippen molar-refractivity contribution in [2.45, 2.75) is 45.6 Å². The average molecular weight is 385 g/mol. The van der Waals surface area contributed by atoms with Crippen molar-refractivity contribution in [3.63, 3.8) is 0 Å². The van der Waals surface area contributed by atoms with E-state index in [1.54, 1.807) is 4.57 Å². The minimum Gasteiger partial charge on any atom is -0.494 e. The summed E-state index contributed by atoms with van der Waals surface area (Å²) < 4.78 is 1.72. The van der Waals surface area contributed by atoms with Crippen molar-refractivity contribution in [3.05, 3.63) is 35.5 Å². The number of hydrogen-bond donors (Lipinski definition) is 2. The number of fused-ring (bicyclic) bond motifs is 1. The molecule has 0 bridgehead atoms. The van der Waals surface area contributed by atoms with Gasteiger partial charge in [0.1, 0.15) is 5.82 Å². The summed E-state index contributed by atoms with van der Waals surface area (Å²) >= 11 is 0. The first-order chi connectivity index (χ1) is 13.6. The van der Waals surface area contributed by atoms with Gasteiger partial charge in [0.25, 0.3) is 0 Å². The molecule has 2 aromatic rings. The fraction of sp³-hybridized carbons (Fsp3) is 0.591. The normalized spacial score (nSPS) is 20.3. The predicted octanol–water partition coefficient (Wildman–Crippen LogP) is 3.02. The van der Waals surface area contributed by atoms with Crippen LogP contribution >= 0.6 is 0 Å². The molecule has 2 aliphatic rings. The maximum absolute atomic E-state index is 10.5. The van der Waals surface area contributed by atoms with Crippen LogP contribution in [0.2, 0.25) is 0 Å². The van der Waals surface area contributed by atoms with Crippen LogP contribution in [0.5, 0.6) is 11.8 Å². The molecule has 0 spiro atoms. The molecule has 1 unspecified atom stereocenters. The summed E-state index contributed by atoms with van der Waals surface area (Å²) in [5.41, 5.74) is 1.95. The zero-order valence-electron chi connectivity index (χ0n) is 16.8. The van der Waals surface area contributed by atoms with Gasteiger partial charge in [-0.25, -0.2) is 4.98 Å². The van der Waals surface area contributed by atoms with E-state index in [1.807, 2.05) is 18.3 Å². The third-order valence-corrected chi connectivity index (χ3v) is 6.31. The summed E-state index contributed by atoms with van der Waals surface area (Å²) in [6.45, 7) is 8.11. The molecule has 0 saturated carbocycles. The quantitative estimate of drug-likeness (QED) is 0.750. The molecule has 28 heavy (non-hydrogen) atoms. The van der Waals surface area contributed by atoms with E-state index < -0.39 is 0 Å². The molecule has 3 heterocycles. The first kappa shape index (κ1) is 19.1. The molecular weight excluding hydrogens is 352 g/mol. The SMILES string of the molecule is CC1CCc2c(c(O)n(CCCCN3CCN(c4ccccn4)CC3)c2O)C1. The molecule has 1 saturated heterocycles. The molecule has 1 aliphatic heterocycles. The van der Waals surface area contributed by atoms with E-state index in [0.29, 0.717) is 24.2 Å². The Morgan fingerprint density at radius 2 is 1.75 bits per heavy atom. The zero-order chi connectivity index (χ0) is 19.5. The second-order valence-electron chi connectivity index (χ2n) is 8.33. The van der Waals surface area contributed by atoms with E-state index in [4.69, 9.17) is 0 Å². The van der Waals surface area contributed by atoms with Crippen LogP contribution in [-0.2, 0) is 19.4 Å². The summed E-state index contributed by atoms with van der Waals surface area (Å²) in [5, 5.41) is 21.0.